The van der Waals surface area contributed by atoms with Crippen LogP contribution < -0.4 is 4.74 Å². The zero-order chi connectivity index (χ0) is 9.84. The molecule has 0 spiro atoms. The van der Waals surface area contributed by atoms with Crippen LogP contribution >= 0.6 is 0 Å². The summed E-state index contributed by atoms with van der Waals surface area (Å²) in [6.45, 7) is 3.62. The number of hydrogen-bond acceptors (Lipinski definition) is 4. The fraction of sp³-hybridized carbons (Fsp3) is 0.556. The quantitative estimate of drug-likeness (QED) is 0.748. The first kappa shape index (κ1) is 9.92. The molecule has 4 heteroatoms. The van der Waals surface area contributed by atoms with Gasteiger partial charge in [-0.15, -0.1) is 0 Å². The van der Waals surface area contributed by atoms with E-state index in [1.165, 1.54) is 6.33 Å². The molecule has 1 aromatic rings. The predicted molar refractivity (Wildman–Crippen MR) is 48.7 cm³/mol. The molecule has 1 rings (SSSR count). The second-order valence-corrected chi connectivity index (χ2v) is 3.01. The maximum atomic E-state index is 9.19. The molecule has 0 bridgehead atoms. The topological polar surface area (TPSA) is 55.2 Å². The fourth-order valence-electron chi connectivity index (χ4n) is 1.16. The van der Waals surface area contributed by atoms with E-state index >= 15 is 0 Å². The van der Waals surface area contributed by atoms with E-state index < -0.39 is 6.10 Å². The Balaban J connectivity index is 2.94. The number of nitrogens with zero attached hydrogens (tertiary/aromatic N) is 2. The van der Waals surface area contributed by atoms with Crippen molar-refractivity contribution in [3.63, 3.8) is 0 Å². The van der Waals surface area contributed by atoms with E-state index in [2.05, 4.69) is 9.97 Å². The summed E-state index contributed by atoms with van der Waals surface area (Å²) in [5.41, 5.74) is 1.73. The molecule has 4 nitrogen and oxygen atoms in total. The standard InChI is InChI=1S/C9H14N2O2/c1-6(12)4-8-7(2)9(13-3)11-5-10-8/h5-6,12H,4H2,1-3H3. The van der Waals surface area contributed by atoms with Crippen molar-refractivity contribution in [1.82, 2.24) is 9.97 Å². The van der Waals surface area contributed by atoms with Gasteiger partial charge in [0.1, 0.15) is 6.33 Å². The Labute approximate surface area is 77.6 Å². The van der Waals surface area contributed by atoms with Crippen LogP contribution in [-0.4, -0.2) is 28.3 Å². The van der Waals surface area contributed by atoms with E-state index in [1.54, 1.807) is 14.0 Å². The van der Waals surface area contributed by atoms with E-state index in [0.29, 0.717) is 12.3 Å². The molecule has 13 heavy (non-hydrogen) atoms. The minimum atomic E-state index is -0.390. The average Bonchev–Trinajstić information content (AvgIpc) is 2.08. The Morgan fingerprint density at radius 1 is 1.54 bits per heavy atom. The molecular weight excluding hydrogens is 168 g/mol. The van der Waals surface area contributed by atoms with Gasteiger partial charge in [0.15, 0.2) is 0 Å². The Bertz CT molecular complexity index is 287. The zero-order valence-electron chi connectivity index (χ0n) is 8.11. The number of aromatic nitrogens is 2. The van der Waals surface area contributed by atoms with Gasteiger partial charge >= 0.3 is 0 Å². The molecule has 72 valence electrons. The Morgan fingerprint density at radius 2 is 2.23 bits per heavy atom. The van der Waals surface area contributed by atoms with Crippen LogP contribution in [-0.2, 0) is 6.42 Å². The number of hydrogen-bond donors (Lipinski definition) is 1. The predicted octanol–water partition coefficient (Wildman–Crippen LogP) is 0.717. The Morgan fingerprint density at radius 3 is 2.77 bits per heavy atom. The molecule has 1 unspecified atom stereocenters. The van der Waals surface area contributed by atoms with Crippen molar-refractivity contribution in [2.75, 3.05) is 7.11 Å². The van der Waals surface area contributed by atoms with Crippen LogP contribution in [0.15, 0.2) is 6.33 Å². The number of methoxy groups -OCH3 is 1. The van der Waals surface area contributed by atoms with Gasteiger partial charge in [0.05, 0.1) is 18.9 Å². The molecule has 0 aromatic carbocycles. The number of rotatable bonds is 3. The lowest BCUT2D eigenvalue weighted by Crippen LogP contribution is -2.09. The fourth-order valence-corrected chi connectivity index (χ4v) is 1.16. The molecule has 1 N–H and O–H groups in total. The highest BCUT2D eigenvalue weighted by atomic mass is 16.5. The molecule has 0 amide bonds. The SMILES string of the molecule is COc1ncnc(CC(C)O)c1C. The van der Waals surface area contributed by atoms with E-state index in [1.807, 2.05) is 6.92 Å². The highest BCUT2D eigenvalue weighted by molar-refractivity contribution is 5.28. The van der Waals surface area contributed by atoms with Gasteiger partial charge in [-0.2, -0.15) is 0 Å². The lowest BCUT2D eigenvalue weighted by atomic mass is 10.1. The first-order valence-corrected chi connectivity index (χ1v) is 4.17. The van der Waals surface area contributed by atoms with Gasteiger partial charge < -0.3 is 9.84 Å². The lowest BCUT2D eigenvalue weighted by molar-refractivity contribution is 0.193. The summed E-state index contributed by atoms with van der Waals surface area (Å²) in [5, 5.41) is 9.19. The van der Waals surface area contributed by atoms with E-state index in [-0.39, 0.29) is 0 Å². The van der Waals surface area contributed by atoms with Crippen molar-refractivity contribution >= 4 is 0 Å². The summed E-state index contributed by atoms with van der Waals surface area (Å²) >= 11 is 0. The highest BCUT2D eigenvalue weighted by Crippen LogP contribution is 2.16. The number of aliphatic hydroxyl groups excluding tert-OH is 1. The molecular formula is C9H14N2O2. The molecule has 0 radical (unpaired) electrons. The Hall–Kier alpha value is -1.16. The van der Waals surface area contributed by atoms with Crippen molar-refractivity contribution in [2.24, 2.45) is 0 Å². The van der Waals surface area contributed by atoms with Crippen LogP contribution in [0.4, 0.5) is 0 Å². The van der Waals surface area contributed by atoms with Crippen LogP contribution in [0.5, 0.6) is 5.88 Å². The third kappa shape index (κ3) is 2.39. The second-order valence-electron chi connectivity index (χ2n) is 3.01. The zero-order valence-corrected chi connectivity index (χ0v) is 8.11. The summed E-state index contributed by atoms with van der Waals surface area (Å²) < 4.78 is 5.03. The second kappa shape index (κ2) is 4.18. The van der Waals surface area contributed by atoms with Gasteiger partial charge in [-0.25, -0.2) is 9.97 Å². The van der Waals surface area contributed by atoms with E-state index in [9.17, 15) is 5.11 Å². The summed E-state index contributed by atoms with van der Waals surface area (Å²) in [4.78, 5) is 8.03. The molecule has 1 aromatic heterocycles. The average molecular weight is 182 g/mol. The highest BCUT2D eigenvalue weighted by Gasteiger charge is 2.08. The van der Waals surface area contributed by atoms with E-state index in [0.717, 1.165) is 11.3 Å². The minimum Gasteiger partial charge on any atom is -0.481 e. The largest absolute Gasteiger partial charge is 0.481 e. The van der Waals surface area contributed by atoms with Crippen molar-refractivity contribution in [3.05, 3.63) is 17.6 Å². The van der Waals surface area contributed by atoms with Crippen molar-refractivity contribution in [2.45, 2.75) is 26.4 Å². The molecule has 0 aliphatic carbocycles. The van der Waals surface area contributed by atoms with Crippen LogP contribution in [0.1, 0.15) is 18.2 Å². The molecule has 1 atom stereocenters. The van der Waals surface area contributed by atoms with Crippen molar-refractivity contribution in [1.29, 1.82) is 0 Å². The van der Waals surface area contributed by atoms with Crippen LogP contribution in [0.3, 0.4) is 0 Å². The van der Waals surface area contributed by atoms with Crippen molar-refractivity contribution < 1.29 is 9.84 Å². The summed E-state index contributed by atoms with van der Waals surface area (Å²) in [6.07, 6.45) is 1.59. The van der Waals surface area contributed by atoms with E-state index in [4.69, 9.17) is 4.74 Å². The Kier molecular flexibility index (Phi) is 3.19. The monoisotopic (exact) mass is 182 g/mol. The molecule has 0 aliphatic heterocycles. The maximum absolute atomic E-state index is 9.19. The first-order chi connectivity index (χ1) is 6.15. The smallest absolute Gasteiger partial charge is 0.219 e. The normalized spacial score (nSPS) is 12.6. The minimum absolute atomic E-state index is 0.390. The number of ether oxygens (including phenoxy) is 1. The van der Waals surface area contributed by atoms with Gasteiger partial charge in [0.25, 0.3) is 0 Å². The molecule has 0 fully saturated rings. The summed E-state index contributed by atoms with van der Waals surface area (Å²) in [6, 6.07) is 0. The maximum Gasteiger partial charge on any atom is 0.219 e. The molecule has 0 saturated carbocycles. The van der Waals surface area contributed by atoms with Crippen molar-refractivity contribution in [3.8, 4) is 5.88 Å². The number of aliphatic hydroxyl groups is 1. The van der Waals surface area contributed by atoms with Gasteiger partial charge in [0, 0.05) is 12.0 Å². The third-order valence-electron chi connectivity index (χ3n) is 1.82. The van der Waals surface area contributed by atoms with Gasteiger partial charge in [-0.3, -0.25) is 0 Å². The molecule has 1 heterocycles. The van der Waals surface area contributed by atoms with Crippen LogP contribution in [0.25, 0.3) is 0 Å². The first-order valence-electron chi connectivity index (χ1n) is 4.17. The van der Waals surface area contributed by atoms with Gasteiger partial charge in [0.2, 0.25) is 5.88 Å². The van der Waals surface area contributed by atoms with Crippen LogP contribution in [0.2, 0.25) is 0 Å². The van der Waals surface area contributed by atoms with Gasteiger partial charge in [-0.1, -0.05) is 0 Å². The lowest BCUT2D eigenvalue weighted by Gasteiger charge is -2.08. The molecule has 0 aliphatic rings. The molecule has 0 saturated heterocycles. The third-order valence-corrected chi connectivity index (χ3v) is 1.82. The summed E-state index contributed by atoms with van der Waals surface area (Å²) in [7, 11) is 1.57. The van der Waals surface area contributed by atoms with Crippen LogP contribution in [0, 0.1) is 6.92 Å². The van der Waals surface area contributed by atoms with Gasteiger partial charge in [-0.05, 0) is 13.8 Å². The summed E-state index contributed by atoms with van der Waals surface area (Å²) in [5.74, 6) is 0.575.